The van der Waals surface area contributed by atoms with Crippen LogP contribution in [0.15, 0.2) is 24.8 Å². The summed E-state index contributed by atoms with van der Waals surface area (Å²) in [5.74, 6) is 1.21. The summed E-state index contributed by atoms with van der Waals surface area (Å²) in [6.45, 7) is 8.55. The Hall–Kier alpha value is -1.77. The molecule has 3 nitrogen and oxygen atoms in total. The van der Waals surface area contributed by atoms with Crippen molar-refractivity contribution in [3.63, 3.8) is 0 Å². The number of methoxy groups -OCH3 is 1. The quantitative estimate of drug-likeness (QED) is 0.839. The van der Waals surface area contributed by atoms with E-state index in [4.69, 9.17) is 4.74 Å². The number of hydrogen-bond donors (Lipinski definition) is 1. The smallest absolute Gasteiger partial charge is 0.224 e. The van der Waals surface area contributed by atoms with Gasteiger partial charge in [0.15, 0.2) is 0 Å². The Morgan fingerprint density at radius 1 is 1.50 bits per heavy atom. The van der Waals surface area contributed by atoms with Gasteiger partial charge in [-0.1, -0.05) is 38.6 Å². The molecule has 1 aromatic carbocycles. The molecular formula is C15H21NO2. The molecular weight excluding hydrogens is 226 g/mol. The molecule has 1 rings (SSSR count). The van der Waals surface area contributed by atoms with Gasteiger partial charge < -0.3 is 10.1 Å². The van der Waals surface area contributed by atoms with Crippen molar-refractivity contribution in [3.05, 3.63) is 35.9 Å². The first-order valence-electron chi connectivity index (χ1n) is 6.13. The first-order valence-corrected chi connectivity index (χ1v) is 6.13. The van der Waals surface area contributed by atoms with Crippen LogP contribution in [0.1, 0.15) is 25.0 Å². The molecule has 0 heterocycles. The van der Waals surface area contributed by atoms with E-state index in [1.165, 1.54) is 0 Å². The van der Waals surface area contributed by atoms with Gasteiger partial charge in [-0.15, -0.1) is 0 Å². The van der Waals surface area contributed by atoms with Crippen molar-refractivity contribution in [2.75, 3.05) is 13.7 Å². The maximum absolute atomic E-state index is 11.8. The maximum atomic E-state index is 11.8. The van der Waals surface area contributed by atoms with E-state index in [1.54, 1.807) is 13.2 Å². The average molecular weight is 247 g/mol. The summed E-state index contributed by atoms with van der Waals surface area (Å²) in [6.07, 6.45) is 2.10. The van der Waals surface area contributed by atoms with E-state index in [-0.39, 0.29) is 5.91 Å². The fourth-order valence-corrected chi connectivity index (χ4v) is 1.59. The second kappa shape index (κ2) is 6.84. The summed E-state index contributed by atoms with van der Waals surface area (Å²) in [5.41, 5.74) is 1.88. The van der Waals surface area contributed by atoms with Crippen molar-refractivity contribution in [1.82, 2.24) is 5.32 Å². The molecule has 0 saturated heterocycles. The molecule has 1 amide bonds. The van der Waals surface area contributed by atoms with Gasteiger partial charge in [-0.05, 0) is 17.5 Å². The lowest BCUT2D eigenvalue weighted by molar-refractivity contribution is -0.120. The van der Waals surface area contributed by atoms with Crippen molar-refractivity contribution in [2.24, 2.45) is 5.92 Å². The fraction of sp³-hybridized carbons (Fsp3) is 0.400. The molecule has 0 spiro atoms. The lowest BCUT2D eigenvalue weighted by atomic mass is 10.1. The Kier molecular flexibility index (Phi) is 5.43. The Morgan fingerprint density at radius 2 is 2.22 bits per heavy atom. The van der Waals surface area contributed by atoms with Crippen LogP contribution in [0.2, 0.25) is 0 Å². The van der Waals surface area contributed by atoms with E-state index >= 15 is 0 Å². The van der Waals surface area contributed by atoms with Crippen LogP contribution in [0.3, 0.4) is 0 Å². The number of hydrogen-bond acceptors (Lipinski definition) is 2. The minimum atomic E-state index is 0.0216. The first-order chi connectivity index (χ1) is 8.56. The summed E-state index contributed by atoms with van der Waals surface area (Å²) in [6, 6.07) is 5.73. The van der Waals surface area contributed by atoms with Crippen LogP contribution in [-0.2, 0) is 11.2 Å². The number of benzene rings is 1. The second-order valence-electron chi connectivity index (χ2n) is 4.65. The highest BCUT2D eigenvalue weighted by atomic mass is 16.5. The SMILES string of the molecule is C=Cc1ccc(CC(=O)NCC(C)C)c(OC)c1. The van der Waals surface area contributed by atoms with Crippen molar-refractivity contribution in [1.29, 1.82) is 0 Å². The van der Waals surface area contributed by atoms with E-state index in [1.807, 2.05) is 18.2 Å². The van der Waals surface area contributed by atoms with Gasteiger partial charge >= 0.3 is 0 Å². The molecule has 0 bridgehead atoms. The highest BCUT2D eigenvalue weighted by molar-refractivity contribution is 5.79. The van der Waals surface area contributed by atoms with Crippen LogP contribution in [0.5, 0.6) is 5.75 Å². The van der Waals surface area contributed by atoms with E-state index < -0.39 is 0 Å². The number of ether oxygens (including phenoxy) is 1. The van der Waals surface area contributed by atoms with Crippen molar-refractivity contribution < 1.29 is 9.53 Å². The standard InChI is InChI=1S/C15H21NO2/c1-5-12-6-7-13(14(8-12)18-4)9-15(17)16-10-11(2)3/h5-8,11H,1,9-10H2,2-4H3,(H,16,17). The lowest BCUT2D eigenvalue weighted by Crippen LogP contribution is -2.28. The van der Waals surface area contributed by atoms with Crippen LogP contribution in [0.4, 0.5) is 0 Å². The van der Waals surface area contributed by atoms with Crippen LogP contribution in [-0.4, -0.2) is 19.6 Å². The highest BCUT2D eigenvalue weighted by Gasteiger charge is 2.09. The van der Waals surface area contributed by atoms with Crippen LogP contribution >= 0.6 is 0 Å². The minimum absolute atomic E-state index is 0.0216. The molecule has 0 aliphatic heterocycles. The predicted molar refractivity (Wildman–Crippen MR) is 74.6 cm³/mol. The third-order valence-electron chi connectivity index (χ3n) is 2.61. The summed E-state index contributed by atoms with van der Waals surface area (Å²) in [4.78, 5) is 11.8. The maximum Gasteiger partial charge on any atom is 0.224 e. The molecule has 1 N–H and O–H groups in total. The van der Waals surface area contributed by atoms with Crippen molar-refractivity contribution in [2.45, 2.75) is 20.3 Å². The van der Waals surface area contributed by atoms with E-state index in [2.05, 4.69) is 25.7 Å². The molecule has 1 aromatic rings. The molecule has 98 valence electrons. The topological polar surface area (TPSA) is 38.3 Å². The predicted octanol–water partition coefficient (Wildman–Crippen LogP) is 2.65. The zero-order valence-corrected chi connectivity index (χ0v) is 11.3. The number of nitrogens with one attached hydrogen (secondary N) is 1. The number of amides is 1. The first kappa shape index (κ1) is 14.3. The fourth-order valence-electron chi connectivity index (χ4n) is 1.59. The third-order valence-corrected chi connectivity index (χ3v) is 2.61. The summed E-state index contributed by atoms with van der Waals surface area (Å²) >= 11 is 0. The summed E-state index contributed by atoms with van der Waals surface area (Å²) < 4.78 is 5.29. The Bertz CT molecular complexity index is 425. The Morgan fingerprint density at radius 3 is 2.78 bits per heavy atom. The van der Waals surface area contributed by atoms with Gasteiger partial charge in [0.25, 0.3) is 0 Å². The average Bonchev–Trinajstić information content (AvgIpc) is 2.36. The number of carbonyl (C=O) groups excluding carboxylic acids is 1. The van der Waals surface area contributed by atoms with E-state index in [9.17, 15) is 4.79 Å². The monoisotopic (exact) mass is 247 g/mol. The van der Waals surface area contributed by atoms with Gasteiger partial charge in [-0.25, -0.2) is 0 Å². The van der Waals surface area contributed by atoms with E-state index in [0.29, 0.717) is 18.9 Å². The van der Waals surface area contributed by atoms with Gasteiger partial charge in [0.2, 0.25) is 5.91 Å². The zero-order chi connectivity index (χ0) is 13.5. The third kappa shape index (κ3) is 4.24. The molecule has 0 fully saturated rings. The summed E-state index contributed by atoms with van der Waals surface area (Å²) in [7, 11) is 1.61. The highest BCUT2D eigenvalue weighted by Crippen LogP contribution is 2.21. The van der Waals surface area contributed by atoms with Crippen molar-refractivity contribution in [3.8, 4) is 5.75 Å². The zero-order valence-electron chi connectivity index (χ0n) is 11.3. The van der Waals surface area contributed by atoms with Crippen LogP contribution < -0.4 is 10.1 Å². The molecule has 18 heavy (non-hydrogen) atoms. The minimum Gasteiger partial charge on any atom is -0.496 e. The molecule has 0 saturated carbocycles. The number of rotatable bonds is 6. The van der Waals surface area contributed by atoms with Gasteiger partial charge in [0, 0.05) is 12.1 Å². The molecule has 0 radical (unpaired) electrons. The molecule has 0 atom stereocenters. The lowest BCUT2D eigenvalue weighted by Gasteiger charge is -2.11. The van der Waals surface area contributed by atoms with Gasteiger partial charge in [0.1, 0.15) is 5.75 Å². The normalized spacial score (nSPS) is 10.2. The molecule has 0 unspecified atom stereocenters. The van der Waals surface area contributed by atoms with Gasteiger partial charge in [-0.2, -0.15) is 0 Å². The Balaban J connectivity index is 2.71. The van der Waals surface area contributed by atoms with Gasteiger partial charge in [0.05, 0.1) is 13.5 Å². The summed E-state index contributed by atoms with van der Waals surface area (Å²) in [5, 5.41) is 2.90. The molecule has 0 aromatic heterocycles. The molecule has 3 heteroatoms. The van der Waals surface area contributed by atoms with Gasteiger partial charge in [-0.3, -0.25) is 4.79 Å². The van der Waals surface area contributed by atoms with E-state index in [0.717, 1.165) is 16.9 Å². The molecule has 0 aliphatic carbocycles. The second-order valence-corrected chi connectivity index (χ2v) is 4.65. The largest absolute Gasteiger partial charge is 0.496 e. The number of carbonyl (C=O) groups is 1. The molecule has 0 aliphatic rings. The Labute approximate surface area is 109 Å². The van der Waals surface area contributed by atoms with Crippen LogP contribution in [0, 0.1) is 5.92 Å². The van der Waals surface area contributed by atoms with Crippen LogP contribution in [0.25, 0.3) is 6.08 Å². The van der Waals surface area contributed by atoms with Crippen molar-refractivity contribution >= 4 is 12.0 Å².